The van der Waals surface area contributed by atoms with Crippen LogP contribution in [-0.2, 0) is 22.7 Å². The summed E-state index contributed by atoms with van der Waals surface area (Å²) in [7, 11) is 0. The average molecular weight is 492 g/mol. The van der Waals surface area contributed by atoms with Crippen LogP contribution in [-0.4, -0.2) is 57.9 Å². The smallest absolute Gasteiger partial charge is 0.246 e. The van der Waals surface area contributed by atoms with Gasteiger partial charge in [0.25, 0.3) is 0 Å². The van der Waals surface area contributed by atoms with Crippen molar-refractivity contribution < 1.29 is 14.7 Å². The molecule has 0 bridgehead atoms. The van der Waals surface area contributed by atoms with Crippen LogP contribution in [0.15, 0.2) is 24.3 Å². The van der Waals surface area contributed by atoms with Crippen molar-refractivity contribution in [3.05, 3.63) is 35.4 Å². The van der Waals surface area contributed by atoms with Gasteiger partial charge in [0.2, 0.25) is 11.8 Å². The molecule has 7 heteroatoms. The lowest BCUT2D eigenvalue weighted by Crippen LogP contribution is -2.73. The zero-order chi connectivity index (χ0) is 23.3. The Bertz CT molecular complexity index is 819. The van der Waals surface area contributed by atoms with Gasteiger partial charge in [0.05, 0.1) is 6.61 Å². The van der Waals surface area contributed by atoms with Crippen LogP contribution in [0.2, 0.25) is 0 Å². The van der Waals surface area contributed by atoms with Crippen LogP contribution < -0.4 is 5.32 Å². The molecule has 1 atom stereocenters. The molecule has 1 spiro atoms. The Labute approximate surface area is 210 Å². The maximum atomic E-state index is 13.6. The third-order valence-electron chi connectivity index (χ3n) is 8.20. The Hall–Kier alpha value is -1.63. The number of piperidine rings is 1. The number of nitrogens with one attached hydrogen (secondary N) is 1. The molecule has 2 N–H and O–H groups in total. The summed E-state index contributed by atoms with van der Waals surface area (Å²) in [6.45, 7) is 5.17. The van der Waals surface area contributed by atoms with Crippen LogP contribution in [0.25, 0.3) is 0 Å². The molecule has 2 amide bonds. The molecule has 1 aromatic carbocycles. The molecule has 1 saturated carbocycles. The average Bonchev–Trinajstić information content (AvgIpc) is 2.85. The molecule has 0 aromatic heterocycles. The van der Waals surface area contributed by atoms with Gasteiger partial charge in [-0.3, -0.25) is 14.5 Å². The SMILES string of the molecule is CCCCN1C(=O)[C@H](CC2CCCCC2)NC(=O)C12CCN(Cc1ccccc1CO)CC2.Cl. The van der Waals surface area contributed by atoms with Gasteiger partial charge in [0.1, 0.15) is 11.6 Å². The lowest BCUT2D eigenvalue weighted by Gasteiger charge is -2.52. The third-order valence-corrected chi connectivity index (χ3v) is 8.20. The quantitative estimate of drug-likeness (QED) is 0.575. The number of unbranched alkanes of at least 4 members (excludes halogenated alkanes) is 1. The lowest BCUT2D eigenvalue weighted by molar-refractivity contribution is -0.162. The molecule has 2 saturated heterocycles. The Balaban J connectivity index is 0.00000324. The second kappa shape index (κ2) is 12.4. The van der Waals surface area contributed by atoms with Crippen molar-refractivity contribution in [1.29, 1.82) is 0 Å². The zero-order valence-corrected chi connectivity index (χ0v) is 21.5. The number of carbonyl (C=O) groups is 2. The van der Waals surface area contributed by atoms with Crippen LogP contribution in [0.5, 0.6) is 0 Å². The first-order valence-corrected chi connectivity index (χ1v) is 13.1. The first-order chi connectivity index (χ1) is 16.1. The number of carbonyl (C=O) groups excluding carboxylic acids is 2. The van der Waals surface area contributed by atoms with Crippen molar-refractivity contribution in [1.82, 2.24) is 15.1 Å². The number of aliphatic hydroxyl groups excluding tert-OH is 1. The number of likely N-dealkylation sites (tertiary alicyclic amines) is 1. The molecule has 0 radical (unpaired) electrons. The minimum atomic E-state index is -0.706. The van der Waals surface area contributed by atoms with Crippen molar-refractivity contribution in [2.45, 2.75) is 95.9 Å². The summed E-state index contributed by atoms with van der Waals surface area (Å²) >= 11 is 0. The van der Waals surface area contributed by atoms with E-state index in [1.165, 1.54) is 32.1 Å². The van der Waals surface area contributed by atoms with Crippen LogP contribution in [0.4, 0.5) is 0 Å². The normalized spacial score (nSPS) is 23.6. The number of nitrogens with zero attached hydrogens (tertiary/aromatic N) is 2. The molecule has 3 fully saturated rings. The molecule has 2 aliphatic heterocycles. The van der Waals surface area contributed by atoms with Crippen LogP contribution in [0.1, 0.15) is 82.3 Å². The number of hydrogen-bond acceptors (Lipinski definition) is 4. The van der Waals surface area contributed by atoms with Crippen molar-refractivity contribution in [2.24, 2.45) is 5.92 Å². The Kier molecular flexibility index (Phi) is 9.81. The van der Waals surface area contributed by atoms with Gasteiger partial charge in [-0.2, -0.15) is 0 Å². The highest BCUT2D eigenvalue weighted by Gasteiger charge is 2.53. The summed E-state index contributed by atoms with van der Waals surface area (Å²) in [5, 5.41) is 12.8. The summed E-state index contributed by atoms with van der Waals surface area (Å²) in [4.78, 5) is 31.5. The lowest BCUT2D eigenvalue weighted by atomic mass is 9.79. The number of hydrogen-bond donors (Lipinski definition) is 2. The maximum Gasteiger partial charge on any atom is 0.246 e. The minimum absolute atomic E-state index is 0. The number of benzene rings is 1. The van der Waals surface area contributed by atoms with E-state index in [9.17, 15) is 14.7 Å². The molecule has 34 heavy (non-hydrogen) atoms. The van der Waals surface area contributed by atoms with Crippen molar-refractivity contribution in [2.75, 3.05) is 19.6 Å². The van der Waals surface area contributed by atoms with Crippen molar-refractivity contribution in [3.63, 3.8) is 0 Å². The van der Waals surface area contributed by atoms with Gasteiger partial charge in [-0.15, -0.1) is 12.4 Å². The monoisotopic (exact) mass is 491 g/mol. The largest absolute Gasteiger partial charge is 0.392 e. The molecule has 4 rings (SSSR count). The van der Waals surface area contributed by atoms with Gasteiger partial charge >= 0.3 is 0 Å². The first kappa shape index (κ1) is 27.0. The van der Waals surface area contributed by atoms with Gasteiger partial charge in [-0.25, -0.2) is 0 Å². The Morgan fingerprint density at radius 1 is 1.06 bits per heavy atom. The molecule has 2 heterocycles. The van der Waals surface area contributed by atoms with Gasteiger partial charge in [-0.1, -0.05) is 69.7 Å². The van der Waals surface area contributed by atoms with E-state index < -0.39 is 5.54 Å². The fraction of sp³-hybridized carbons (Fsp3) is 0.704. The van der Waals surface area contributed by atoms with Gasteiger partial charge < -0.3 is 15.3 Å². The minimum Gasteiger partial charge on any atom is -0.392 e. The first-order valence-electron chi connectivity index (χ1n) is 13.1. The topological polar surface area (TPSA) is 72.9 Å². The van der Waals surface area contributed by atoms with E-state index >= 15 is 0 Å². The fourth-order valence-electron chi connectivity index (χ4n) is 6.12. The summed E-state index contributed by atoms with van der Waals surface area (Å²) in [5.74, 6) is 0.769. The fourth-order valence-corrected chi connectivity index (χ4v) is 6.12. The van der Waals surface area contributed by atoms with E-state index in [1.54, 1.807) is 0 Å². The van der Waals surface area contributed by atoms with E-state index in [2.05, 4.69) is 23.2 Å². The molecule has 190 valence electrons. The number of aliphatic hydroxyl groups is 1. The molecule has 1 aliphatic carbocycles. The van der Waals surface area contributed by atoms with E-state index in [1.807, 2.05) is 23.1 Å². The van der Waals surface area contributed by atoms with Gasteiger partial charge in [0.15, 0.2) is 0 Å². The standard InChI is InChI=1S/C27H41N3O3.ClH/c1-2-3-15-30-25(32)24(18-21-9-5-4-6-10-21)28-26(33)27(30)13-16-29(17-14-27)19-22-11-7-8-12-23(22)20-31;/h7-8,11-12,21,24,31H,2-6,9-10,13-20H2,1H3,(H,28,33);1H/t24-;/m0./s1. The second-order valence-corrected chi connectivity index (χ2v) is 10.3. The highest BCUT2D eigenvalue weighted by atomic mass is 35.5. The van der Waals surface area contributed by atoms with Crippen molar-refractivity contribution >= 4 is 24.2 Å². The molecular weight excluding hydrogens is 450 g/mol. The number of amides is 2. The summed E-state index contributed by atoms with van der Waals surface area (Å²) in [6, 6.07) is 7.64. The van der Waals surface area contributed by atoms with Crippen LogP contribution in [0.3, 0.4) is 0 Å². The zero-order valence-electron chi connectivity index (χ0n) is 20.6. The second-order valence-electron chi connectivity index (χ2n) is 10.3. The Morgan fingerprint density at radius 2 is 1.74 bits per heavy atom. The van der Waals surface area contributed by atoms with E-state index in [0.29, 0.717) is 25.3 Å². The predicted octanol–water partition coefficient (Wildman–Crippen LogP) is 4.03. The summed E-state index contributed by atoms with van der Waals surface area (Å²) in [5.41, 5.74) is 1.39. The highest BCUT2D eigenvalue weighted by Crippen LogP contribution is 2.36. The molecule has 0 unspecified atom stereocenters. The number of piperazine rings is 1. The molecule has 3 aliphatic rings. The van der Waals surface area contributed by atoms with Crippen LogP contribution >= 0.6 is 12.4 Å². The summed E-state index contributed by atoms with van der Waals surface area (Å²) < 4.78 is 0. The Morgan fingerprint density at radius 3 is 2.38 bits per heavy atom. The summed E-state index contributed by atoms with van der Waals surface area (Å²) in [6.07, 6.45) is 10.3. The van der Waals surface area contributed by atoms with E-state index in [4.69, 9.17) is 0 Å². The highest BCUT2D eigenvalue weighted by molar-refractivity contribution is 6.00. The van der Waals surface area contributed by atoms with E-state index in [-0.39, 0.29) is 36.9 Å². The van der Waals surface area contributed by atoms with Gasteiger partial charge in [-0.05, 0) is 42.7 Å². The molecule has 6 nitrogen and oxygen atoms in total. The van der Waals surface area contributed by atoms with Crippen LogP contribution in [0, 0.1) is 5.92 Å². The molecule has 1 aromatic rings. The molecular formula is C27H42ClN3O3. The van der Waals surface area contributed by atoms with Crippen molar-refractivity contribution in [3.8, 4) is 0 Å². The third kappa shape index (κ3) is 5.77. The number of rotatable bonds is 8. The van der Waals surface area contributed by atoms with E-state index in [0.717, 1.165) is 50.0 Å². The predicted molar refractivity (Wildman–Crippen MR) is 137 cm³/mol. The number of halogens is 1. The maximum absolute atomic E-state index is 13.6. The van der Waals surface area contributed by atoms with Gasteiger partial charge in [0, 0.05) is 26.2 Å².